The number of hydrogen-bond acceptors (Lipinski definition) is 8. The molecular formula is C46H52N2O8. The first-order chi connectivity index (χ1) is 26.4. The molecule has 2 aliphatic rings. The number of rotatable bonds is 11. The van der Waals surface area contributed by atoms with Crippen LogP contribution in [0.4, 0.5) is 4.79 Å². The Labute approximate surface area is 329 Å². The van der Waals surface area contributed by atoms with Crippen LogP contribution < -0.4 is 0 Å². The van der Waals surface area contributed by atoms with E-state index in [1.54, 1.807) is 27.7 Å². The quantitative estimate of drug-likeness (QED) is 0.120. The van der Waals surface area contributed by atoms with E-state index in [0.717, 1.165) is 33.4 Å². The number of aliphatic hydroxyl groups is 1. The maximum Gasteiger partial charge on any atom is 0.429 e. The standard InChI is InChI=1S/C46H52N2O8/c1-43(2,3)56-42(53)48(47-37(28-45(6,30-49)39(47)50)26-31-18-22-35(23-19-31)33-14-10-8-11-15-33)38(29-46(7)40(51)54-44(4,5)55-41(46)52)27-32-20-24-36(25-21-32)34-16-12-9-13-17-34/h8-25,37-38,49H,26-30H2,1-7H3/t37-,38-,45+/m1/s1. The lowest BCUT2D eigenvalue weighted by Crippen LogP contribution is -2.61. The summed E-state index contributed by atoms with van der Waals surface area (Å²) in [4.78, 5) is 56.9. The van der Waals surface area contributed by atoms with Gasteiger partial charge in [-0.25, -0.2) is 14.8 Å². The lowest BCUT2D eigenvalue weighted by Gasteiger charge is -2.45. The number of esters is 2. The van der Waals surface area contributed by atoms with E-state index in [2.05, 4.69) is 0 Å². The highest BCUT2D eigenvalue weighted by Gasteiger charge is 2.58. The summed E-state index contributed by atoms with van der Waals surface area (Å²) in [6, 6.07) is 34.1. The van der Waals surface area contributed by atoms with Crippen LogP contribution in [0.2, 0.25) is 0 Å². The van der Waals surface area contributed by atoms with Crippen molar-refractivity contribution in [2.45, 2.75) is 97.6 Å². The van der Waals surface area contributed by atoms with E-state index in [0.29, 0.717) is 6.42 Å². The second-order valence-corrected chi connectivity index (χ2v) is 17.0. The molecule has 0 aromatic heterocycles. The van der Waals surface area contributed by atoms with Crippen LogP contribution in [-0.2, 0) is 41.4 Å². The number of amides is 2. The van der Waals surface area contributed by atoms with E-state index >= 15 is 0 Å². The fourth-order valence-corrected chi connectivity index (χ4v) is 7.55. The van der Waals surface area contributed by atoms with Gasteiger partial charge in [0, 0.05) is 13.8 Å². The monoisotopic (exact) mass is 760 g/mol. The number of aliphatic hydroxyl groups excluding tert-OH is 1. The third-order valence-corrected chi connectivity index (χ3v) is 10.6. The van der Waals surface area contributed by atoms with Gasteiger partial charge in [0.25, 0.3) is 5.79 Å². The van der Waals surface area contributed by atoms with E-state index in [-0.39, 0.29) is 19.3 Å². The topological polar surface area (TPSA) is 123 Å². The highest BCUT2D eigenvalue weighted by atomic mass is 16.7. The predicted molar refractivity (Wildman–Crippen MR) is 212 cm³/mol. The van der Waals surface area contributed by atoms with Gasteiger partial charge in [-0.3, -0.25) is 14.4 Å². The summed E-state index contributed by atoms with van der Waals surface area (Å²) in [5, 5.41) is 13.4. The van der Waals surface area contributed by atoms with Gasteiger partial charge in [-0.2, -0.15) is 0 Å². The molecular weight excluding hydrogens is 709 g/mol. The zero-order valence-corrected chi connectivity index (χ0v) is 33.3. The summed E-state index contributed by atoms with van der Waals surface area (Å²) >= 11 is 0. The van der Waals surface area contributed by atoms with Gasteiger partial charge in [-0.15, -0.1) is 0 Å². The van der Waals surface area contributed by atoms with Crippen molar-refractivity contribution < 1.29 is 38.5 Å². The van der Waals surface area contributed by atoms with Gasteiger partial charge in [0.15, 0.2) is 5.41 Å². The number of carbonyl (C=O) groups excluding carboxylic acids is 4. The average Bonchev–Trinajstić information content (AvgIpc) is 3.39. The minimum absolute atomic E-state index is 0.131. The molecule has 2 amide bonds. The minimum Gasteiger partial charge on any atom is -0.442 e. The summed E-state index contributed by atoms with van der Waals surface area (Å²) in [5.41, 5.74) is 1.77. The van der Waals surface area contributed by atoms with Crippen molar-refractivity contribution in [2.75, 3.05) is 6.61 Å². The third kappa shape index (κ3) is 8.65. The molecule has 6 rings (SSSR count). The molecule has 56 heavy (non-hydrogen) atoms. The normalized spacial score (nSPS) is 20.9. The molecule has 10 heteroatoms. The van der Waals surface area contributed by atoms with E-state index in [4.69, 9.17) is 14.2 Å². The second kappa shape index (κ2) is 15.6. The molecule has 2 fully saturated rings. The minimum atomic E-state index is -1.84. The van der Waals surface area contributed by atoms with Gasteiger partial charge in [0.05, 0.1) is 24.1 Å². The van der Waals surface area contributed by atoms with Gasteiger partial charge in [0.1, 0.15) is 5.60 Å². The summed E-state index contributed by atoms with van der Waals surface area (Å²) in [5.74, 6) is -3.54. The Balaban J connectivity index is 1.44. The number of carbonyl (C=O) groups is 4. The number of ether oxygens (including phenoxy) is 3. The number of nitrogens with zero attached hydrogens (tertiary/aromatic N) is 2. The van der Waals surface area contributed by atoms with Crippen molar-refractivity contribution in [1.29, 1.82) is 0 Å². The van der Waals surface area contributed by atoms with E-state index in [9.17, 15) is 24.3 Å². The van der Waals surface area contributed by atoms with Gasteiger partial charge < -0.3 is 19.3 Å². The van der Waals surface area contributed by atoms with Crippen LogP contribution in [0, 0.1) is 10.8 Å². The molecule has 10 nitrogen and oxygen atoms in total. The van der Waals surface area contributed by atoms with E-state index in [1.807, 2.05) is 109 Å². The molecule has 4 aromatic carbocycles. The Kier molecular flexibility index (Phi) is 11.2. The largest absolute Gasteiger partial charge is 0.442 e. The van der Waals surface area contributed by atoms with Crippen molar-refractivity contribution in [3.63, 3.8) is 0 Å². The van der Waals surface area contributed by atoms with Crippen LogP contribution in [0.1, 0.15) is 72.4 Å². The number of cyclic esters (lactones) is 2. The van der Waals surface area contributed by atoms with Gasteiger partial charge in [0.2, 0.25) is 5.91 Å². The SMILES string of the molecule is CC(C)(C)OC(=O)N([C@H](Cc1ccc(-c2ccccc2)cc1)CC1(C)C(=O)OC(C)(C)OC1=O)N1C(=O)[C@](C)(CO)C[C@H]1Cc1ccc(-c2ccccc2)cc1. The molecule has 0 unspecified atom stereocenters. The fraction of sp³-hybridized carbons (Fsp3) is 0.391. The molecule has 2 heterocycles. The van der Waals surface area contributed by atoms with E-state index in [1.165, 1.54) is 30.8 Å². The third-order valence-electron chi connectivity index (χ3n) is 10.6. The van der Waals surface area contributed by atoms with E-state index < -0.39 is 64.8 Å². The van der Waals surface area contributed by atoms with Crippen molar-refractivity contribution in [1.82, 2.24) is 10.0 Å². The van der Waals surface area contributed by atoms with Crippen LogP contribution in [0.25, 0.3) is 22.3 Å². The van der Waals surface area contributed by atoms with Crippen LogP contribution >= 0.6 is 0 Å². The zero-order valence-electron chi connectivity index (χ0n) is 33.3. The lowest BCUT2D eigenvalue weighted by molar-refractivity contribution is -0.251. The maximum atomic E-state index is 14.7. The number of hydrazine groups is 1. The smallest absolute Gasteiger partial charge is 0.429 e. The summed E-state index contributed by atoms with van der Waals surface area (Å²) < 4.78 is 17.2. The Morgan fingerprint density at radius 3 is 1.70 bits per heavy atom. The average molecular weight is 761 g/mol. The molecule has 294 valence electrons. The molecule has 1 N–H and O–H groups in total. The Hall–Kier alpha value is -5.48. The molecule has 0 spiro atoms. The number of hydrogen-bond donors (Lipinski definition) is 1. The van der Waals surface area contributed by atoms with Crippen LogP contribution in [0.5, 0.6) is 0 Å². The van der Waals surface area contributed by atoms with Crippen molar-refractivity contribution in [2.24, 2.45) is 10.8 Å². The first-order valence-corrected chi connectivity index (χ1v) is 19.1. The molecule has 0 saturated carbocycles. The van der Waals surface area contributed by atoms with Crippen molar-refractivity contribution in [3.8, 4) is 22.3 Å². The molecule has 3 atom stereocenters. The molecule has 0 aliphatic carbocycles. The number of benzene rings is 4. The molecule has 4 aromatic rings. The fourth-order valence-electron chi connectivity index (χ4n) is 7.55. The predicted octanol–water partition coefficient (Wildman–Crippen LogP) is 8.16. The Morgan fingerprint density at radius 1 is 0.768 bits per heavy atom. The lowest BCUT2D eigenvalue weighted by atomic mass is 9.80. The summed E-state index contributed by atoms with van der Waals surface area (Å²) in [6.07, 6.45) is -0.366. The first-order valence-electron chi connectivity index (χ1n) is 19.1. The van der Waals surface area contributed by atoms with Gasteiger partial charge >= 0.3 is 18.0 Å². The first kappa shape index (κ1) is 40.2. The van der Waals surface area contributed by atoms with Gasteiger partial charge in [-0.05, 0) is 93.7 Å². The molecule has 2 aliphatic heterocycles. The Bertz CT molecular complexity index is 2020. The Morgan fingerprint density at radius 2 is 1.23 bits per heavy atom. The maximum absolute atomic E-state index is 14.7. The van der Waals surface area contributed by atoms with Crippen LogP contribution in [0.15, 0.2) is 109 Å². The molecule has 0 bridgehead atoms. The summed E-state index contributed by atoms with van der Waals surface area (Å²) in [6.45, 7) is 10.8. The summed E-state index contributed by atoms with van der Waals surface area (Å²) in [7, 11) is 0. The second-order valence-electron chi connectivity index (χ2n) is 17.0. The zero-order chi connectivity index (χ0) is 40.5. The highest BCUT2D eigenvalue weighted by Crippen LogP contribution is 2.43. The highest BCUT2D eigenvalue weighted by molar-refractivity contribution is 6.01. The van der Waals surface area contributed by atoms with Crippen molar-refractivity contribution in [3.05, 3.63) is 120 Å². The molecule has 2 saturated heterocycles. The van der Waals surface area contributed by atoms with Gasteiger partial charge in [-0.1, -0.05) is 109 Å². The van der Waals surface area contributed by atoms with Crippen LogP contribution in [0.3, 0.4) is 0 Å². The van der Waals surface area contributed by atoms with Crippen molar-refractivity contribution >= 4 is 23.9 Å². The molecule has 0 radical (unpaired) electrons. The van der Waals surface area contributed by atoms with Crippen LogP contribution in [-0.4, -0.2) is 69.1 Å².